The summed E-state index contributed by atoms with van der Waals surface area (Å²) in [5, 5.41) is 19.0. The van der Waals surface area contributed by atoms with Gasteiger partial charge in [0.1, 0.15) is 0 Å². The Hall–Kier alpha value is -2.18. The summed E-state index contributed by atoms with van der Waals surface area (Å²) in [6, 6.07) is 24.1. The van der Waals surface area contributed by atoms with Crippen LogP contribution in [0.5, 0.6) is 0 Å². The molecule has 0 saturated carbocycles. The number of halogens is 1. The van der Waals surface area contributed by atoms with Gasteiger partial charge in [-0.05, 0) is 49.7 Å². The van der Waals surface area contributed by atoms with Crippen LogP contribution in [-0.4, -0.2) is 13.1 Å². The van der Waals surface area contributed by atoms with Gasteiger partial charge in [-0.15, -0.1) is 12.4 Å². The van der Waals surface area contributed by atoms with E-state index in [1.54, 1.807) is 7.05 Å². The van der Waals surface area contributed by atoms with E-state index in [1.165, 1.54) is 68.9 Å². The SMILES string of the molecule is CCCCCCCCCCCCC(C#N)(CCCC(CCc1ccccc1)/N=N/C)c1ccccc1.Cl. The maximum atomic E-state index is 10.4. The Morgan fingerprint density at radius 3 is 1.84 bits per heavy atom. The normalized spacial score (nSPS) is 13.5. The molecule has 37 heavy (non-hydrogen) atoms. The predicted octanol–water partition coefficient (Wildman–Crippen LogP) is 10.4. The maximum absolute atomic E-state index is 10.4. The first-order valence-electron chi connectivity index (χ1n) is 14.5. The van der Waals surface area contributed by atoms with Gasteiger partial charge in [0.05, 0.1) is 17.5 Å². The van der Waals surface area contributed by atoms with Crippen LogP contribution < -0.4 is 0 Å². The van der Waals surface area contributed by atoms with Crippen molar-refractivity contribution >= 4 is 12.4 Å². The van der Waals surface area contributed by atoms with Gasteiger partial charge in [0.15, 0.2) is 0 Å². The molecule has 3 nitrogen and oxygen atoms in total. The van der Waals surface area contributed by atoms with E-state index < -0.39 is 5.41 Å². The van der Waals surface area contributed by atoms with E-state index in [-0.39, 0.29) is 18.4 Å². The number of nitriles is 1. The van der Waals surface area contributed by atoms with Gasteiger partial charge >= 0.3 is 0 Å². The summed E-state index contributed by atoms with van der Waals surface area (Å²) < 4.78 is 0. The van der Waals surface area contributed by atoms with Crippen LogP contribution in [0.15, 0.2) is 70.9 Å². The van der Waals surface area contributed by atoms with E-state index in [0.717, 1.165) is 44.9 Å². The molecular weight excluding hydrogens is 474 g/mol. The molecule has 2 aromatic rings. The van der Waals surface area contributed by atoms with Gasteiger partial charge in [0.2, 0.25) is 0 Å². The zero-order valence-corrected chi connectivity index (χ0v) is 24.2. The van der Waals surface area contributed by atoms with Crippen LogP contribution in [0.4, 0.5) is 0 Å². The minimum absolute atomic E-state index is 0. The summed E-state index contributed by atoms with van der Waals surface area (Å²) in [6.07, 6.45) is 19.1. The van der Waals surface area contributed by atoms with Crippen LogP contribution in [-0.2, 0) is 11.8 Å². The number of benzene rings is 2. The second kappa shape index (κ2) is 20.8. The van der Waals surface area contributed by atoms with Gasteiger partial charge in [-0.25, -0.2) is 0 Å². The van der Waals surface area contributed by atoms with E-state index in [9.17, 15) is 5.26 Å². The van der Waals surface area contributed by atoms with Gasteiger partial charge in [0.25, 0.3) is 0 Å². The Labute approximate surface area is 233 Å². The Bertz CT molecular complexity index is 862. The van der Waals surface area contributed by atoms with Gasteiger partial charge < -0.3 is 0 Å². The highest BCUT2D eigenvalue weighted by Gasteiger charge is 2.31. The minimum atomic E-state index is -0.394. The maximum Gasteiger partial charge on any atom is 0.0822 e. The highest BCUT2D eigenvalue weighted by atomic mass is 35.5. The number of unbranched alkanes of at least 4 members (excludes halogenated alkanes) is 9. The monoisotopic (exact) mass is 523 g/mol. The molecule has 0 aliphatic rings. The third-order valence-electron chi connectivity index (χ3n) is 7.53. The molecule has 2 aromatic carbocycles. The number of rotatable bonds is 20. The zero-order valence-electron chi connectivity index (χ0n) is 23.4. The lowest BCUT2D eigenvalue weighted by molar-refractivity contribution is 0.400. The van der Waals surface area contributed by atoms with Crippen molar-refractivity contribution in [2.24, 2.45) is 10.2 Å². The first-order valence-corrected chi connectivity index (χ1v) is 14.5. The lowest BCUT2D eigenvalue weighted by Gasteiger charge is -2.28. The fourth-order valence-electron chi connectivity index (χ4n) is 5.30. The average Bonchev–Trinajstić information content (AvgIpc) is 2.93. The van der Waals surface area contributed by atoms with Crippen molar-refractivity contribution in [3.05, 3.63) is 71.8 Å². The van der Waals surface area contributed by atoms with Crippen LogP contribution in [0.25, 0.3) is 0 Å². The minimum Gasteiger partial charge on any atom is -0.197 e. The molecule has 0 saturated heterocycles. The zero-order chi connectivity index (χ0) is 25.7. The summed E-state index contributed by atoms with van der Waals surface area (Å²) in [4.78, 5) is 0. The van der Waals surface area contributed by atoms with Gasteiger partial charge in [-0.1, -0.05) is 132 Å². The molecule has 4 heteroatoms. The molecule has 2 rings (SSSR count). The molecule has 204 valence electrons. The van der Waals surface area contributed by atoms with Crippen molar-refractivity contribution in [2.75, 3.05) is 7.05 Å². The molecule has 0 bridgehead atoms. The van der Waals surface area contributed by atoms with Crippen molar-refractivity contribution in [1.29, 1.82) is 5.26 Å². The Kier molecular flexibility index (Phi) is 18.5. The van der Waals surface area contributed by atoms with Gasteiger partial charge in [-0.3, -0.25) is 0 Å². The second-order valence-electron chi connectivity index (χ2n) is 10.4. The van der Waals surface area contributed by atoms with Crippen molar-refractivity contribution in [1.82, 2.24) is 0 Å². The molecule has 0 aromatic heterocycles. The van der Waals surface area contributed by atoms with Crippen LogP contribution in [0.2, 0.25) is 0 Å². The van der Waals surface area contributed by atoms with E-state index in [4.69, 9.17) is 0 Å². The van der Waals surface area contributed by atoms with E-state index >= 15 is 0 Å². The molecule has 0 spiro atoms. The predicted molar refractivity (Wildman–Crippen MR) is 161 cm³/mol. The van der Waals surface area contributed by atoms with Gasteiger partial charge in [0, 0.05) is 7.05 Å². The molecule has 0 N–H and O–H groups in total. The second-order valence-corrected chi connectivity index (χ2v) is 10.4. The van der Waals surface area contributed by atoms with Crippen molar-refractivity contribution in [2.45, 2.75) is 121 Å². The first-order chi connectivity index (χ1) is 17.7. The highest BCUT2D eigenvalue weighted by molar-refractivity contribution is 5.85. The summed E-state index contributed by atoms with van der Waals surface area (Å²) in [6.45, 7) is 2.28. The molecule has 0 aliphatic carbocycles. The van der Waals surface area contributed by atoms with Crippen LogP contribution in [0.1, 0.15) is 114 Å². The van der Waals surface area contributed by atoms with Crippen molar-refractivity contribution < 1.29 is 0 Å². The third-order valence-corrected chi connectivity index (χ3v) is 7.53. The Morgan fingerprint density at radius 2 is 1.27 bits per heavy atom. The average molecular weight is 524 g/mol. The first kappa shape index (κ1) is 32.8. The highest BCUT2D eigenvalue weighted by Crippen LogP contribution is 2.35. The molecular formula is C33H50ClN3. The largest absolute Gasteiger partial charge is 0.197 e. The van der Waals surface area contributed by atoms with Crippen LogP contribution in [0, 0.1) is 11.3 Å². The molecule has 0 amide bonds. The summed E-state index contributed by atoms with van der Waals surface area (Å²) in [7, 11) is 1.77. The van der Waals surface area contributed by atoms with Crippen molar-refractivity contribution in [3.8, 4) is 6.07 Å². The Morgan fingerprint density at radius 1 is 0.730 bits per heavy atom. The molecule has 2 unspecified atom stereocenters. The molecule has 0 heterocycles. The molecule has 0 radical (unpaired) electrons. The molecule has 2 atom stereocenters. The van der Waals surface area contributed by atoms with Crippen molar-refractivity contribution in [3.63, 3.8) is 0 Å². The number of hydrogen-bond donors (Lipinski definition) is 0. The fraction of sp³-hybridized carbons (Fsp3) is 0.606. The van der Waals surface area contributed by atoms with Crippen LogP contribution in [0.3, 0.4) is 0 Å². The number of aryl methyl sites for hydroxylation is 1. The molecule has 0 aliphatic heterocycles. The standard InChI is InChI=1S/C33H49N3.ClH/c1-3-4-5-6-7-8-9-10-11-18-27-33(29-34,31-22-16-13-17-23-31)28-19-24-32(36-35-2)26-25-30-20-14-12-15-21-30;/h12-17,20-23,32H,3-11,18-19,24-28H2,1-2H3;1H/b36-35+;. The summed E-state index contributed by atoms with van der Waals surface area (Å²) in [5.74, 6) is 0. The van der Waals surface area contributed by atoms with Crippen LogP contribution >= 0.6 is 12.4 Å². The number of hydrogen-bond acceptors (Lipinski definition) is 3. The number of nitrogens with zero attached hydrogens (tertiary/aromatic N) is 3. The van der Waals surface area contributed by atoms with E-state index in [1.807, 2.05) is 6.07 Å². The lowest BCUT2D eigenvalue weighted by atomic mass is 9.73. The number of azo groups is 1. The van der Waals surface area contributed by atoms with E-state index in [0.29, 0.717) is 0 Å². The van der Waals surface area contributed by atoms with Gasteiger partial charge in [-0.2, -0.15) is 15.5 Å². The third kappa shape index (κ3) is 13.3. The van der Waals surface area contributed by atoms with E-state index in [2.05, 4.69) is 77.8 Å². The topological polar surface area (TPSA) is 48.5 Å². The molecule has 0 fully saturated rings. The smallest absolute Gasteiger partial charge is 0.0822 e. The lowest BCUT2D eigenvalue weighted by Crippen LogP contribution is -2.25. The Balaban J connectivity index is 0.00000684. The summed E-state index contributed by atoms with van der Waals surface area (Å²) in [5.41, 5.74) is 2.14. The summed E-state index contributed by atoms with van der Waals surface area (Å²) >= 11 is 0. The fourth-order valence-corrected chi connectivity index (χ4v) is 5.30. The quantitative estimate of drug-likeness (QED) is 0.126.